The van der Waals surface area contributed by atoms with Crippen LogP contribution >= 0.6 is 0 Å². The van der Waals surface area contributed by atoms with Crippen molar-refractivity contribution >= 4 is 5.71 Å². The number of rotatable bonds is 3. The molecule has 0 saturated heterocycles. The first kappa shape index (κ1) is 9.71. The molecule has 0 heterocycles. The second-order valence-corrected chi connectivity index (χ2v) is 3.02. The molecule has 0 radical (unpaired) electrons. The van der Waals surface area contributed by atoms with E-state index < -0.39 is 0 Å². The van der Waals surface area contributed by atoms with Gasteiger partial charge in [-0.3, -0.25) is 0 Å². The van der Waals surface area contributed by atoms with E-state index in [0.717, 1.165) is 11.3 Å². The molecule has 0 amide bonds. The van der Waals surface area contributed by atoms with E-state index in [1.165, 1.54) is 12.1 Å². The van der Waals surface area contributed by atoms with Gasteiger partial charge in [-0.2, -0.15) is 5.10 Å². The average molecular weight is 180 g/mol. The van der Waals surface area contributed by atoms with Gasteiger partial charge >= 0.3 is 0 Å². The summed E-state index contributed by atoms with van der Waals surface area (Å²) < 4.78 is 12.7. The van der Waals surface area contributed by atoms with Gasteiger partial charge in [-0.25, -0.2) is 4.39 Å². The molecule has 0 unspecified atom stereocenters. The molecule has 0 spiro atoms. The summed E-state index contributed by atoms with van der Waals surface area (Å²) in [5, 5.41) is 3.99. The fourth-order valence-electron chi connectivity index (χ4n) is 0.936. The maximum absolute atomic E-state index is 12.7. The van der Waals surface area contributed by atoms with Crippen LogP contribution in [0.1, 0.15) is 19.4 Å². The summed E-state index contributed by atoms with van der Waals surface area (Å²) in [5.41, 5.74) is 4.70. The van der Waals surface area contributed by atoms with Crippen molar-refractivity contribution in [3.05, 3.63) is 35.6 Å². The van der Waals surface area contributed by atoms with Crippen molar-refractivity contribution in [3.8, 4) is 0 Å². The lowest BCUT2D eigenvalue weighted by Crippen LogP contribution is -2.07. The maximum Gasteiger partial charge on any atom is 0.123 e. The van der Waals surface area contributed by atoms with Gasteiger partial charge in [0.2, 0.25) is 0 Å². The standard InChI is InChI=1S/C10H13FN2/c1-8(2)13-12-7-9-4-3-5-10(11)6-9/h3-6,12H,7H2,1-2H3. The van der Waals surface area contributed by atoms with Crippen molar-refractivity contribution in [3.63, 3.8) is 0 Å². The molecule has 0 aliphatic carbocycles. The highest BCUT2D eigenvalue weighted by Gasteiger charge is 1.92. The molecule has 0 bridgehead atoms. The van der Waals surface area contributed by atoms with Crippen molar-refractivity contribution in [2.75, 3.05) is 0 Å². The molecule has 0 atom stereocenters. The number of hydrogen-bond donors (Lipinski definition) is 1. The first-order valence-corrected chi connectivity index (χ1v) is 4.16. The van der Waals surface area contributed by atoms with Crippen LogP contribution in [0.15, 0.2) is 29.4 Å². The zero-order valence-corrected chi connectivity index (χ0v) is 7.84. The fraction of sp³-hybridized carbons (Fsp3) is 0.300. The molecule has 1 N–H and O–H groups in total. The van der Waals surface area contributed by atoms with Crippen molar-refractivity contribution in [2.24, 2.45) is 5.10 Å². The van der Waals surface area contributed by atoms with Gasteiger partial charge in [-0.05, 0) is 31.5 Å². The Bertz CT molecular complexity index is 304. The van der Waals surface area contributed by atoms with E-state index in [9.17, 15) is 4.39 Å². The molecule has 0 aliphatic heterocycles. The van der Waals surface area contributed by atoms with Crippen LogP contribution in [-0.4, -0.2) is 5.71 Å². The molecule has 0 aliphatic rings. The third-order valence-electron chi connectivity index (χ3n) is 1.47. The number of hydrogen-bond acceptors (Lipinski definition) is 2. The number of nitrogens with one attached hydrogen (secondary N) is 1. The summed E-state index contributed by atoms with van der Waals surface area (Å²) in [7, 11) is 0. The van der Waals surface area contributed by atoms with Gasteiger partial charge in [0.1, 0.15) is 5.82 Å². The summed E-state index contributed by atoms with van der Waals surface area (Å²) in [4.78, 5) is 0. The first-order valence-electron chi connectivity index (χ1n) is 4.16. The maximum atomic E-state index is 12.7. The zero-order chi connectivity index (χ0) is 9.68. The highest BCUT2D eigenvalue weighted by atomic mass is 19.1. The molecule has 1 aromatic rings. The quantitative estimate of drug-likeness (QED) is 0.560. The Labute approximate surface area is 77.5 Å². The normalized spacial score (nSPS) is 9.46. The van der Waals surface area contributed by atoms with Gasteiger partial charge < -0.3 is 5.43 Å². The molecular weight excluding hydrogens is 167 g/mol. The number of benzene rings is 1. The van der Waals surface area contributed by atoms with E-state index in [4.69, 9.17) is 0 Å². The van der Waals surface area contributed by atoms with Crippen LogP contribution in [0.4, 0.5) is 4.39 Å². The smallest absolute Gasteiger partial charge is 0.123 e. The molecule has 1 aromatic carbocycles. The Kier molecular flexibility index (Phi) is 3.43. The van der Waals surface area contributed by atoms with Crippen molar-refractivity contribution in [1.82, 2.24) is 5.43 Å². The highest BCUT2D eigenvalue weighted by molar-refractivity contribution is 5.78. The van der Waals surface area contributed by atoms with Gasteiger partial charge in [-0.15, -0.1) is 0 Å². The fourth-order valence-corrected chi connectivity index (χ4v) is 0.936. The first-order chi connectivity index (χ1) is 6.18. The molecule has 13 heavy (non-hydrogen) atoms. The summed E-state index contributed by atoms with van der Waals surface area (Å²) in [6.07, 6.45) is 0. The number of halogens is 1. The van der Waals surface area contributed by atoms with E-state index >= 15 is 0 Å². The van der Waals surface area contributed by atoms with Crippen LogP contribution in [0.3, 0.4) is 0 Å². The third-order valence-corrected chi connectivity index (χ3v) is 1.47. The molecule has 0 aromatic heterocycles. The minimum absolute atomic E-state index is 0.212. The predicted octanol–water partition coefficient (Wildman–Crippen LogP) is 2.31. The SMILES string of the molecule is CC(C)=NNCc1cccc(F)c1. The van der Waals surface area contributed by atoms with E-state index in [2.05, 4.69) is 10.5 Å². The predicted molar refractivity (Wildman–Crippen MR) is 52.0 cm³/mol. The molecular formula is C10H13FN2. The molecule has 70 valence electrons. The van der Waals surface area contributed by atoms with Crippen LogP contribution in [0.25, 0.3) is 0 Å². The van der Waals surface area contributed by atoms with Crippen LogP contribution in [0.5, 0.6) is 0 Å². The van der Waals surface area contributed by atoms with Gasteiger partial charge in [0, 0.05) is 5.71 Å². The van der Waals surface area contributed by atoms with Gasteiger partial charge in [0.25, 0.3) is 0 Å². The number of hydrazone groups is 1. The second-order valence-electron chi connectivity index (χ2n) is 3.02. The lowest BCUT2D eigenvalue weighted by Gasteiger charge is -2.01. The van der Waals surface area contributed by atoms with Crippen LogP contribution in [-0.2, 0) is 6.54 Å². The summed E-state index contributed by atoms with van der Waals surface area (Å²) in [6, 6.07) is 6.47. The average Bonchev–Trinajstić information content (AvgIpc) is 2.03. The van der Waals surface area contributed by atoms with Crippen molar-refractivity contribution < 1.29 is 4.39 Å². The van der Waals surface area contributed by atoms with E-state index in [1.54, 1.807) is 6.07 Å². The second kappa shape index (κ2) is 4.60. The van der Waals surface area contributed by atoms with Crippen LogP contribution in [0, 0.1) is 5.82 Å². The summed E-state index contributed by atoms with van der Waals surface area (Å²) in [5.74, 6) is -0.212. The van der Waals surface area contributed by atoms with Gasteiger partial charge in [-0.1, -0.05) is 12.1 Å². The molecule has 0 saturated carbocycles. The van der Waals surface area contributed by atoms with E-state index in [1.807, 2.05) is 19.9 Å². The third kappa shape index (κ3) is 3.69. The van der Waals surface area contributed by atoms with Gasteiger partial charge in [0.05, 0.1) is 6.54 Å². The Morgan fingerprint density at radius 1 is 1.46 bits per heavy atom. The van der Waals surface area contributed by atoms with Crippen LogP contribution in [0.2, 0.25) is 0 Å². The molecule has 1 rings (SSSR count). The topological polar surface area (TPSA) is 24.4 Å². The monoisotopic (exact) mass is 180 g/mol. The van der Waals surface area contributed by atoms with Crippen molar-refractivity contribution in [1.29, 1.82) is 0 Å². The molecule has 3 heteroatoms. The Morgan fingerprint density at radius 2 is 2.23 bits per heavy atom. The van der Waals surface area contributed by atoms with Gasteiger partial charge in [0.15, 0.2) is 0 Å². The Hall–Kier alpha value is -1.38. The van der Waals surface area contributed by atoms with Crippen molar-refractivity contribution in [2.45, 2.75) is 20.4 Å². The number of nitrogens with zero attached hydrogens (tertiary/aromatic N) is 1. The summed E-state index contributed by atoms with van der Waals surface area (Å²) >= 11 is 0. The van der Waals surface area contributed by atoms with Crippen LogP contribution < -0.4 is 5.43 Å². The van der Waals surface area contributed by atoms with E-state index in [-0.39, 0.29) is 5.82 Å². The lowest BCUT2D eigenvalue weighted by molar-refractivity contribution is 0.622. The highest BCUT2D eigenvalue weighted by Crippen LogP contribution is 2.02. The summed E-state index contributed by atoms with van der Waals surface area (Å²) in [6.45, 7) is 4.36. The largest absolute Gasteiger partial charge is 0.306 e. The zero-order valence-electron chi connectivity index (χ0n) is 7.84. The lowest BCUT2D eigenvalue weighted by atomic mass is 10.2. The molecule has 0 fully saturated rings. The Morgan fingerprint density at radius 3 is 2.85 bits per heavy atom. The van der Waals surface area contributed by atoms with E-state index in [0.29, 0.717) is 6.54 Å². The molecule has 2 nitrogen and oxygen atoms in total. The minimum atomic E-state index is -0.212. The Balaban J connectivity index is 2.50. The minimum Gasteiger partial charge on any atom is -0.306 e.